The normalized spacial score (nSPS) is 15.4. The lowest BCUT2D eigenvalue weighted by Crippen LogP contribution is -2.29. The van der Waals surface area contributed by atoms with E-state index in [1.54, 1.807) is 19.3 Å². The number of halogens is 1. The van der Waals surface area contributed by atoms with Crippen molar-refractivity contribution in [3.63, 3.8) is 0 Å². The lowest BCUT2D eigenvalue weighted by molar-refractivity contribution is -0.122. The summed E-state index contributed by atoms with van der Waals surface area (Å²) in [5, 5.41) is -0.231. The van der Waals surface area contributed by atoms with Crippen LogP contribution in [0.3, 0.4) is 0 Å². The number of carbonyl (C=O) groups is 2. The highest BCUT2D eigenvalue weighted by molar-refractivity contribution is 9.10. The molecule has 0 N–H and O–H groups in total. The van der Waals surface area contributed by atoms with E-state index in [0.29, 0.717) is 22.9 Å². The smallest absolute Gasteiger partial charge is 0.293 e. The Morgan fingerprint density at radius 2 is 1.90 bits per heavy atom. The van der Waals surface area contributed by atoms with Crippen LogP contribution in [0.5, 0.6) is 11.5 Å². The largest absolute Gasteiger partial charge is 0.493 e. The van der Waals surface area contributed by atoms with Crippen LogP contribution >= 0.6 is 27.7 Å². The molecule has 3 rings (SSSR count). The van der Waals surface area contributed by atoms with E-state index in [1.165, 1.54) is 10.5 Å². The molecule has 1 fully saturated rings. The lowest BCUT2D eigenvalue weighted by Gasteiger charge is -2.16. The minimum Gasteiger partial charge on any atom is -0.493 e. The van der Waals surface area contributed by atoms with Crippen molar-refractivity contribution >= 4 is 44.9 Å². The van der Waals surface area contributed by atoms with E-state index in [4.69, 9.17) is 9.47 Å². The van der Waals surface area contributed by atoms with E-state index in [1.807, 2.05) is 50.2 Å². The summed E-state index contributed by atoms with van der Waals surface area (Å²) in [5.74, 6) is 0.917. The molecule has 0 spiro atoms. The zero-order valence-corrected chi connectivity index (χ0v) is 19.6. The van der Waals surface area contributed by atoms with Crippen LogP contribution in [0.2, 0.25) is 0 Å². The zero-order valence-electron chi connectivity index (χ0n) is 17.2. The first-order chi connectivity index (χ1) is 14.4. The average molecular weight is 490 g/mol. The summed E-state index contributed by atoms with van der Waals surface area (Å²) in [6, 6.07) is 13.7. The predicted molar refractivity (Wildman–Crippen MR) is 124 cm³/mol. The molecule has 1 saturated heterocycles. The molecule has 2 aromatic rings. The van der Waals surface area contributed by atoms with E-state index >= 15 is 0 Å². The van der Waals surface area contributed by atoms with E-state index < -0.39 is 0 Å². The van der Waals surface area contributed by atoms with Gasteiger partial charge in [0.25, 0.3) is 11.1 Å². The van der Waals surface area contributed by atoms with Crippen molar-refractivity contribution in [2.45, 2.75) is 32.8 Å². The van der Waals surface area contributed by atoms with Gasteiger partial charge < -0.3 is 9.47 Å². The van der Waals surface area contributed by atoms with Gasteiger partial charge in [0.2, 0.25) is 0 Å². The molecule has 0 bridgehead atoms. The first kappa shape index (κ1) is 22.4. The number of rotatable bonds is 8. The van der Waals surface area contributed by atoms with Crippen molar-refractivity contribution in [1.29, 1.82) is 0 Å². The molecule has 158 valence electrons. The molecule has 0 aromatic heterocycles. The molecular formula is C23H24BrNO4S. The van der Waals surface area contributed by atoms with Gasteiger partial charge in [-0.25, -0.2) is 0 Å². The van der Waals surface area contributed by atoms with Crippen molar-refractivity contribution in [1.82, 2.24) is 4.90 Å². The van der Waals surface area contributed by atoms with Crippen LogP contribution in [0.4, 0.5) is 4.79 Å². The van der Waals surface area contributed by atoms with Crippen molar-refractivity contribution in [2.24, 2.45) is 0 Å². The minimum absolute atomic E-state index is 0.00608. The van der Waals surface area contributed by atoms with Crippen LogP contribution < -0.4 is 9.47 Å². The van der Waals surface area contributed by atoms with Gasteiger partial charge in [-0.15, -0.1) is 0 Å². The number of aryl methyl sites for hydroxylation is 1. The topological polar surface area (TPSA) is 55.8 Å². The van der Waals surface area contributed by atoms with Crippen molar-refractivity contribution < 1.29 is 19.1 Å². The molecule has 0 saturated carbocycles. The van der Waals surface area contributed by atoms with Crippen molar-refractivity contribution in [3.8, 4) is 11.5 Å². The third-order valence-corrected chi connectivity index (χ3v) is 5.96. The molecule has 0 unspecified atom stereocenters. The Bertz CT molecular complexity index is 959. The number of benzene rings is 2. The molecular weight excluding hydrogens is 466 g/mol. The maximum atomic E-state index is 12.8. The number of hydrogen-bond donors (Lipinski definition) is 0. The summed E-state index contributed by atoms with van der Waals surface area (Å²) < 4.78 is 12.0. The molecule has 1 aliphatic heterocycles. The van der Waals surface area contributed by atoms with Gasteiger partial charge in [-0.3, -0.25) is 14.5 Å². The van der Waals surface area contributed by atoms with Crippen LogP contribution in [-0.4, -0.2) is 35.8 Å². The van der Waals surface area contributed by atoms with Gasteiger partial charge in [0.1, 0.15) is 0 Å². The Morgan fingerprint density at radius 3 is 2.57 bits per heavy atom. The number of imide groups is 1. The number of methoxy groups -OCH3 is 1. The molecule has 5 nitrogen and oxygen atoms in total. The number of nitrogens with zero attached hydrogens (tertiary/aromatic N) is 1. The fraction of sp³-hybridized carbons (Fsp3) is 0.304. The summed E-state index contributed by atoms with van der Waals surface area (Å²) in [7, 11) is 1.57. The van der Waals surface area contributed by atoms with E-state index in [0.717, 1.165) is 34.6 Å². The summed E-state index contributed by atoms with van der Waals surface area (Å²) in [6.07, 6.45) is 3.27. The van der Waals surface area contributed by atoms with Crippen LogP contribution in [0.1, 0.15) is 31.4 Å². The van der Waals surface area contributed by atoms with E-state index in [-0.39, 0.29) is 17.3 Å². The Morgan fingerprint density at radius 1 is 1.17 bits per heavy atom. The third-order valence-electron chi connectivity index (χ3n) is 4.47. The summed E-state index contributed by atoms with van der Waals surface area (Å²) in [4.78, 5) is 26.9. The Kier molecular flexibility index (Phi) is 7.61. The number of hydrogen-bond acceptors (Lipinski definition) is 5. The van der Waals surface area contributed by atoms with Gasteiger partial charge in [0.05, 0.1) is 22.6 Å². The first-order valence-corrected chi connectivity index (χ1v) is 11.3. The molecule has 0 aliphatic carbocycles. The Hall–Kier alpha value is -2.25. The van der Waals surface area contributed by atoms with Gasteiger partial charge in [0, 0.05) is 6.54 Å². The third kappa shape index (κ3) is 5.46. The molecule has 2 aromatic carbocycles. The number of ether oxygens (including phenoxy) is 2. The summed E-state index contributed by atoms with van der Waals surface area (Å²) in [6.45, 7) is 4.28. The first-order valence-electron chi connectivity index (χ1n) is 9.72. The highest BCUT2D eigenvalue weighted by Crippen LogP contribution is 2.39. The van der Waals surface area contributed by atoms with Gasteiger partial charge >= 0.3 is 0 Å². The molecule has 2 amide bonds. The van der Waals surface area contributed by atoms with E-state index in [9.17, 15) is 9.59 Å². The van der Waals surface area contributed by atoms with Crippen molar-refractivity contribution in [3.05, 3.63) is 63.0 Å². The fourth-order valence-electron chi connectivity index (χ4n) is 3.10. The van der Waals surface area contributed by atoms with Gasteiger partial charge in [0.15, 0.2) is 11.5 Å². The minimum atomic E-state index is -0.254. The quantitative estimate of drug-likeness (QED) is 0.431. The highest BCUT2D eigenvalue weighted by atomic mass is 79.9. The zero-order chi connectivity index (χ0) is 21.7. The molecule has 30 heavy (non-hydrogen) atoms. The van der Waals surface area contributed by atoms with Gasteiger partial charge in [-0.05, 0) is 83.7 Å². The molecule has 0 radical (unpaired) electrons. The number of amides is 2. The summed E-state index contributed by atoms with van der Waals surface area (Å²) in [5.41, 5.74) is 1.95. The van der Waals surface area contributed by atoms with Crippen LogP contribution in [0.15, 0.2) is 51.8 Å². The molecule has 7 heteroatoms. The average Bonchev–Trinajstić information content (AvgIpc) is 2.97. The standard InChI is InChI=1S/C23H24BrNO4S/c1-15(2)29-21-18(24)12-17(13-19(21)28-3)14-20-22(26)25(23(27)30-20)11-7-10-16-8-5-4-6-9-16/h4-6,8-9,12-15H,7,10-11H2,1-3H3/b20-14+. The predicted octanol–water partition coefficient (Wildman–Crippen LogP) is 5.91. The van der Waals surface area contributed by atoms with E-state index in [2.05, 4.69) is 15.9 Å². The van der Waals surface area contributed by atoms with Crippen molar-refractivity contribution in [2.75, 3.05) is 13.7 Å². The van der Waals surface area contributed by atoms with Crippen LogP contribution in [-0.2, 0) is 11.2 Å². The Balaban J connectivity index is 1.72. The maximum Gasteiger partial charge on any atom is 0.293 e. The fourth-order valence-corrected chi connectivity index (χ4v) is 4.52. The molecule has 0 atom stereocenters. The molecule has 1 aliphatic rings. The monoisotopic (exact) mass is 489 g/mol. The SMILES string of the molecule is COc1cc(/C=C2/SC(=O)N(CCCc3ccccc3)C2=O)cc(Br)c1OC(C)C. The Labute approximate surface area is 189 Å². The second-order valence-corrected chi connectivity index (χ2v) is 8.97. The second kappa shape index (κ2) is 10.2. The van der Waals surface area contributed by atoms with Crippen LogP contribution in [0.25, 0.3) is 6.08 Å². The molecule has 1 heterocycles. The van der Waals surface area contributed by atoms with Gasteiger partial charge in [-0.1, -0.05) is 30.3 Å². The maximum absolute atomic E-state index is 12.8. The summed E-state index contributed by atoms with van der Waals surface area (Å²) >= 11 is 4.48. The number of thioether (sulfide) groups is 1. The van der Waals surface area contributed by atoms with Gasteiger partial charge in [-0.2, -0.15) is 0 Å². The van der Waals surface area contributed by atoms with Crippen LogP contribution in [0, 0.1) is 0 Å². The number of carbonyl (C=O) groups excluding carboxylic acids is 2. The highest BCUT2D eigenvalue weighted by Gasteiger charge is 2.34. The lowest BCUT2D eigenvalue weighted by atomic mass is 10.1. The second-order valence-electron chi connectivity index (χ2n) is 7.12.